The number of hydrogen-bond donors (Lipinski definition) is 0. The summed E-state index contributed by atoms with van der Waals surface area (Å²) in [5, 5.41) is 0. The average molecular weight is 396 g/mol. The molecule has 2 saturated carbocycles. The second kappa shape index (κ2) is 9.14. The number of hydrogen-bond acceptors (Lipinski definition) is 2. The Labute approximate surface area is 178 Å². The quantitative estimate of drug-likeness (QED) is 0.488. The van der Waals surface area contributed by atoms with Crippen LogP contribution in [0.15, 0.2) is 30.6 Å². The van der Waals surface area contributed by atoms with Crippen molar-refractivity contribution in [3.8, 4) is 0 Å². The van der Waals surface area contributed by atoms with Crippen LogP contribution in [-0.2, 0) is 4.79 Å². The fraction of sp³-hybridized carbons (Fsp3) is 0.704. The molecule has 1 aromatic rings. The van der Waals surface area contributed by atoms with Crippen molar-refractivity contribution in [1.29, 1.82) is 0 Å². The Morgan fingerprint density at radius 1 is 1.17 bits per heavy atom. The van der Waals surface area contributed by atoms with Crippen molar-refractivity contribution in [2.45, 2.75) is 86.0 Å². The highest BCUT2D eigenvalue weighted by Crippen LogP contribution is 2.66. The highest BCUT2D eigenvalue weighted by Gasteiger charge is 2.57. The molecule has 6 unspecified atom stereocenters. The molecule has 2 fully saturated rings. The third-order valence-electron chi connectivity index (χ3n) is 8.79. The molecule has 1 heterocycles. The molecule has 0 radical (unpaired) electrons. The number of nitrogens with zero attached hydrogens (tertiary/aromatic N) is 1. The van der Waals surface area contributed by atoms with Crippen LogP contribution in [0.5, 0.6) is 0 Å². The summed E-state index contributed by atoms with van der Waals surface area (Å²) in [7, 11) is 0. The topological polar surface area (TPSA) is 30.0 Å². The van der Waals surface area contributed by atoms with Gasteiger partial charge in [-0.15, -0.1) is 0 Å². The van der Waals surface area contributed by atoms with Crippen molar-refractivity contribution >= 4 is 11.9 Å². The van der Waals surface area contributed by atoms with E-state index in [0.717, 1.165) is 24.2 Å². The molecule has 3 aliphatic rings. The van der Waals surface area contributed by atoms with E-state index < -0.39 is 0 Å². The number of fused-ring (bicyclic) bond motifs is 3. The maximum atomic E-state index is 11.3. The molecule has 0 amide bonds. The first-order valence-electron chi connectivity index (χ1n) is 12.1. The van der Waals surface area contributed by atoms with Gasteiger partial charge in [-0.25, -0.2) is 0 Å². The smallest absolute Gasteiger partial charge is 0.120 e. The summed E-state index contributed by atoms with van der Waals surface area (Å²) in [4.78, 5) is 15.7. The minimum atomic E-state index is 0.300. The van der Waals surface area contributed by atoms with E-state index in [1.807, 2.05) is 26.2 Å². The molecule has 2 nitrogen and oxygen atoms in total. The van der Waals surface area contributed by atoms with Crippen molar-refractivity contribution in [2.24, 2.45) is 34.5 Å². The van der Waals surface area contributed by atoms with Gasteiger partial charge in [0.25, 0.3) is 0 Å². The standard InChI is InChI=1S/C25H35NO.C2H6/c1-4-13-24(2)19(12-16-27)7-8-20-22-10-9-21(18-6-5-15-26-17-18)25(22,3)14-11-23(20)24;1-2/h5-6,9,15-17,19-20,22-23H,4,7-8,10-14H2,1-3H3;1-2H3. The maximum absolute atomic E-state index is 11.3. The van der Waals surface area contributed by atoms with E-state index in [9.17, 15) is 4.79 Å². The van der Waals surface area contributed by atoms with Crippen LogP contribution in [0.1, 0.15) is 91.5 Å². The molecule has 2 heteroatoms. The summed E-state index contributed by atoms with van der Waals surface area (Å²) in [5.41, 5.74) is 3.52. The number of aromatic nitrogens is 1. The minimum absolute atomic E-state index is 0.300. The van der Waals surface area contributed by atoms with Crippen molar-refractivity contribution in [1.82, 2.24) is 4.98 Å². The minimum Gasteiger partial charge on any atom is -0.303 e. The molecule has 29 heavy (non-hydrogen) atoms. The number of rotatable bonds is 5. The van der Waals surface area contributed by atoms with E-state index in [0.29, 0.717) is 16.7 Å². The van der Waals surface area contributed by atoms with E-state index in [2.05, 4.69) is 44.0 Å². The van der Waals surface area contributed by atoms with Gasteiger partial charge in [-0.3, -0.25) is 4.98 Å². The molecule has 0 aliphatic heterocycles. The predicted octanol–water partition coefficient (Wildman–Crippen LogP) is 7.35. The van der Waals surface area contributed by atoms with E-state index in [1.54, 1.807) is 5.57 Å². The normalized spacial score (nSPS) is 38.2. The highest BCUT2D eigenvalue weighted by atomic mass is 16.1. The Balaban J connectivity index is 0.00000117. The van der Waals surface area contributed by atoms with Gasteiger partial charge in [-0.1, -0.05) is 53.2 Å². The van der Waals surface area contributed by atoms with Gasteiger partial charge in [0.1, 0.15) is 6.29 Å². The fourth-order valence-electron chi connectivity index (χ4n) is 7.50. The summed E-state index contributed by atoms with van der Waals surface area (Å²) in [6.07, 6.45) is 17.3. The Morgan fingerprint density at radius 3 is 2.62 bits per heavy atom. The van der Waals surface area contributed by atoms with Gasteiger partial charge in [0.15, 0.2) is 0 Å². The average Bonchev–Trinajstić information content (AvgIpc) is 3.10. The molecule has 6 atom stereocenters. The van der Waals surface area contributed by atoms with E-state index in [-0.39, 0.29) is 0 Å². The molecule has 0 saturated heterocycles. The van der Waals surface area contributed by atoms with Crippen molar-refractivity contribution in [2.75, 3.05) is 0 Å². The number of pyridine rings is 1. The van der Waals surface area contributed by atoms with Crippen LogP contribution in [0, 0.1) is 34.5 Å². The molecule has 4 rings (SSSR count). The zero-order chi connectivity index (χ0) is 21.1. The molecule has 160 valence electrons. The number of aldehydes is 1. The molecule has 0 N–H and O–H groups in total. The van der Waals surface area contributed by atoms with Crippen molar-refractivity contribution < 1.29 is 4.79 Å². The summed E-state index contributed by atoms with van der Waals surface area (Å²) in [6, 6.07) is 4.31. The van der Waals surface area contributed by atoms with E-state index >= 15 is 0 Å². The van der Waals surface area contributed by atoms with Gasteiger partial charge in [0.05, 0.1) is 0 Å². The third kappa shape index (κ3) is 3.73. The molecule has 3 aliphatic carbocycles. The first-order chi connectivity index (χ1) is 14.0. The third-order valence-corrected chi connectivity index (χ3v) is 8.79. The van der Waals surface area contributed by atoms with E-state index in [1.165, 1.54) is 56.8 Å². The zero-order valence-corrected chi connectivity index (χ0v) is 19.3. The lowest BCUT2D eigenvalue weighted by Gasteiger charge is -2.59. The summed E-state index contributed by atoms with van der Waals surface area (Å²) in [5.74, 6) is 2.96. The lowest BCUT2D eigenvalue weighted by molar-refractivity contribution is -0.115. The van der Waals surface area contributed by atoms with Crippen LogP contribution in [-0.4, -0.2) is 11.3 Å². The van der Waals surface area contributed by atoms with Crippen molar-refractivity contribution in [3.63, 3.8) is 0 Å². The van der Waals surface area contributed by atoms with Crippen LogP contribution < -0.4 is 0 Å². The first kappa shape index (κ1) is 22.2. The SMILES string of the molecule is CC.CCCC1(C)C(CC=O)CCC2C3CC=C(c4cccnc4)C3(C)CCC21. The van der Waals surface area contributed by atoms with Crippen LogP contribution in [0.3, 0.4) is 0 Å². The van der Waals surface area contributed by atoms with Gasteiger partial charge < -0.3 is 4.79 Å². The van der Waals surface area contributed by atoms with Crippen LogP contribution in [0.4, 0.5) is 0 Å². The van der Waals surface area contributed by atoms with Crippen LogP contribution in [0.2, 0.25) is 0 Å². The van der Waals surface area contributed by atoms with Gasteiger partial charge in [0.2, 0.25) is 0 Å². The zero-order valence-electron chi connectivity index (χ0n) is 19.3. The van der Waals surface area contributed by atoms with Crippen LogP contribution >= 0.6 is 0 Å². The van der Waals surface area contributed by atoms with Gasteiger partial charge in [0, 0.05) is 18.8 Å². The molecule has 0 bridgehead atoms. The number of allylic oxidation sites excluding steroid dienone is 2. The first-order valence-corrected chi connectivity index (χ1v) is 12.1. The van der Waals surface area contributed by atoms with Gasteiger partial charge in [-0.2, -0.15) is 0 Å². The molecule has 0 spiro atoms. The lowest BCUT2D eigenvalue weighted by Crippen LogP contribution is -2.51. The predicted molar refractivity (Wildman–Crippen MR) is 122 cm³/mol. The summed E-state index contributed by atoms with van der Waals surface area (Å²) >= 11 is 0. The number of carbonyl (C=O) groups excluding carboxylic acids is 1. The monoisotopic (exact) mass is 395 g/mol. The molecular formula is C27H41NO. The Morgan fingerprint density at radius 2 is 1.97 bits per heavy atom. The van der Waals surface area contributed by atoms with Gasteiger partial charge >= 0.3 is 0 Å². The highest BCUT2D eigenvalue weighted by molar-refractivity contribution is 5.72. The maximum Gasteiger partial charge on any atom is 0.120 e. The molecule has 1 aromatic heterocycles. The fourth-order valence-corrected chi connectivity index (χ4v) is 7.50. The summed E-state index contributed by atoms with van der Waals surface area (Å²) in [6.45, 7) is 11.4. The second-order valence-corrected chi connectivity index (χ2v) is 9.86. The second-order valence-electron chi connectivity index (χ2n) is 9.86. The largest absolute Gasteiger partial charge is 0.303 e. The van der Waals surface area contributed by atoms with Crippen molar-refractivity contribution in [3.05, 3.63) is 36.2 Å². The number of carbonyl (C=O) groups is 1. The Kier molecular flexibility index (Phi) is 7.02. The Hall–Kier alpha value is -1.44. The van der Waals surface area contributed by atoms with Gasteiger partial charge in [-0.05, 0) is 90.2 Å². The van der Waals surface area contributed by atoms with E-state index in [4.69, 9.17) is 0 Å². The molecule has 0 aromatic carbocycles. The Bertz CT molecular complexity index is 711. The summed E-state index contributed by atoms with van der Waals surface area (Å²) < 4.78 is 0. The van der Waals surface area contributed by atoms with Crippen LogP contribution in [0.25, 0.3) is 5.57 Å². The molecular weight excluding hydrogens is 354 g/mol. The lowest BCUT2D eigenvalue weighted by atomic mass is 9.46.